The summed E-state index contributed by atoms with van der Waals surface area (Å²) < 4.78 is 4.68. The lowest BCUT2D eigenvalue weighted by Crippen LogP contribution is -2.41. The first-order chi connectivity index (χ1) is 9.99. The summed E-state index contributed by atoms with van der Waals surface area (Å²) in [6.07, 6.45) is 0. The fourth-order valence-electron chi connectivity index (χ4n) is 1.44. The fraction of sp³-hybridized carbons (Fsp3) is 0. The minimum Gasteiger partial charge on any atom is -0.395 e. The predicted octanol–water partition coefficient (Wildman–Crippen LogP) is 1.92. The van der Waals surface area contributed by atoms with Gasteiger partial charge in [-0.25, -0.2) is 0 Å². The summed E-state index contributed by atoms with van der Waals surface area (Å²) in [5.41, 5.74) is 4.36. The second-order valence-corrected chi connectivity index (χ2v) is 4.19. The van der Waals surface area contributed by atoms with Crippen LogP contribution in [-0.2, 0) is 0 Å². The van der Waals surface area contributed by atoms with E-state index in [1.165, 1.54) is 12.1 Å². The zero-order valence-corrected chi connectivity index (χ0v) is 11.1. The van der Waals surface area contributed by atoms with Crippen molar-refractivity contribution in [1.29, 1.82) is 0 Å². The molecule has 2 N–H and O–H groups in total. The maximum atomic E-state index is 11.8. The normalized spacial score (nSPS) is 9.95. The van der Waals surface area contributed by atoms with Gasteiger partial charge in [0.25, 0.3) is 5.91 Å². The summed E-state index contributed by atoms with van der Waals surface area (Å²) >= 11 is 5.82. The number of benzene rings is 1. The van der Waals surface area contributed by atoms with Crippen LogP contribution in [0.1, 0.15) is 20.9 Å². The average molecular weight is 310 g/mol. The molecule has 108 valence electrons. The second kappa shape index (κ2) is 6.06. The van der Waals surface area contributed by atoms with E-state index in [1.807, 2.05) is 0 Å². The Bertz CT molecular complexity index is 712. The molecule has 2 amide bonds. The monoisotopic (exact) mass is 309 g/mol. The van der Waals surface area contributed by atoms with Crippen molar-refractivity contribution < 1.29 is 18.9 Å². The van der Waals surface area contributed by atoms with Crippen molar-refractivity contribution in [3.8, 4) is 0 Å². The summed E-state index contributed by atoms with van der Waals surface area (Å²) in [7, 11) is 0. The maximum Gasteiger partial charge on any atom is 0.433 e. The second-order valence-electron chi connectivity index (χ2n) is 3.78. The predicted molar refractivity (Wildman–Crippen MR) is 71.7 cm³/mol. The third-order valence-corrected chi connectivity index (χ3v) is 2.73. The van der Waals surface area contributed by atoms with Gasteiger partial charge in [-0.05, 0) is 18.2 Å². The number of nitrogens with zero attached hydrogens (tertiary/aromatic N) is 1. The number of nitrogens with one attached hydrogen (secondary N) is 2. The Hall–Kier alpha value is -2.87. The molecule has 2 rings (SSSR count). The van der Waals surface area contributed by atoms with Crippen molar-refractivity contribution in [3.05, 3.63) is 62.9 Å². The van der Waals surface area contributed by atoms with Gasteiger partial charge in [0.15, 0.2) is 0 Å². The highest BCUT2D eigenvalue weighted by atomic mass is 35.5. The SMILES string of the molecule is O=C(NNC(=O)c1ccccc1Cl)c1ccc([N+](=O)[O-])o1. The number of amides is 2. The Kier molecular flexibility index (Phi) is 4.19. The molecule has 0 aliphatic rings. The average Bonchev–Trinajstić information content (AvgIpc) is 2.95. The van der Waals surface area contributed by atoms with Crippen LogP contribution in [0.4, 0.5) is 5.88 Å². The zero-order chi connectivity index (χ0) is 15.4. The van der Waals surface area contributed by atoms with Crippen LogP contribution in [0.2, 0.25) is 5.02 Å². The molecular weight excluding hydrogens is 302 g/mol. The molecule has 0 spiro atoms. The van der Waals surface area contributed by atoms with Gasteiger partial charge < -0.3 is 4.42 Å². The van der Waals surface area contributed by atoms with Crippen LogP contribution >= 0.6 is 11.6 Å². The van der Waals surface area contributed by atoms with Crippen LogP contribution in [-0.4, -0.2) is 16.7 Å². The molecule has 9 heteroatoms. The molecule has 0 bridgehead atoms. The minimum absolute atomic E-state index is 0.171. The number of rotatable bonds is 3. The molecule has 1 aromatic carbocycles. The summed E-state index contributed by atoms with van der Waals surface area (Å²) in [5, 5.41) is 10.6. The first kappa shape index (κ1) is 14.5. The van der Waals surface area contributed by atoms with Gasteiger partial charge in [-0.15, -0.1) is 0 Å². The van der Waals surface area contributed by atoms with Crippen LogP contribution in [0.25, 0.3) is 0 Å². The van der Waals surface area contributed by atoms with Crippen molar-refractivity contribution in [2.75, 3.05) is 0 Å². The summed E-state index contributed by atoms with van der Waals surface area (Å²) in [5.74, 6) is -2.34. The van der Waals surface area contributed by atoms with E-state index < -0.39 is 22.6 Å². The van der Waals surface area contributed by atoms with Gasteiger partial charge in [0.2, 0.25) is 5.76 Å². The molecule has 0 aliphatic heterocycles. The Morgan fingerprint density at radius 3 is 2.38 bits per heavy atom. The first-order valence-corrected chi connectivity index (χ1v) is 5.96. The van der Waals surface area contributed by atoms with Crippen molar-refractivity contribution in [2.45, 2.75) is 0 Å². The number of hydrogen-bond acceptors (Lipinski definition) is 5. The number of hydrazine groups is 1. The fourth-order valence-corrected chi connectivity index (χ4v) is 1.66. The van der Waals surface area contributed by atoms with E-state index in [-0.39, 0.29) is 16.3 Å². The Morgan fingerprint density at radius 1 is 1.10 bits per heavy atom. The minimum atomic E-state index is -0.830. The van der Waals surface area contributed by atoms with Crippen LogP contribution in [0.5, 0.6) is 0 Å². The lowest BCUT2D eigenvalue weighted by molar-refractivity contribution is -0.402. The molecular formula is C12H8ClN3O5. The molecule has 8 nitrogen and oxygen atoms in total. The molecule has 0 saturated carbocycles. The molecule has 21 heavy (non-hydrogen) atoms. The van der Waals surface area contributed by atoms with Crippen LogP contribution in [0, 0.1) is 10.1 Å². The van der Waals surface area contributed by atoms with Gasteiger partial charge >= 0.3 is 11.8 Å². The van der Waals surface area contributed by atoms with Crippen LogP contribution < -0.4 is 10.9 Å². The number of carbonyl (C=O) groups is 2. The third kappa shape index (κ3) is 3.37. The van der Waals surface area contributed by atoms with E-state index in [0.29, 0.717) is 0 Å². The smallest absolute Gasteiger partial charge is 0.395 e. The molecule has 0 saturated heterocycles. The highest BCUT2D eigenvalue weighted by Crippen LogP contribution is 2.16. The van der Waals surface area contributed by atoms with Crippen molar-refractivity contribution in [1.82, 2.24) is 10.9 Å². The van der Waals surface area contributed by atoms with Gasteiger partial charge in [0, 0.05) is 0 Å². The van der Waals surface area contributed by atoms with E-state index in [1.54, 1.807) is 12.1 Å². The highest BCUT2D eigenvalue weighted by molar-refractivity contribution is 6.33. The van der Waals surface area contributed by atoms with Crippen LogP contribution in [0.15, 0.2) is 40.8 Å². The van der Waals surface area contributed by atoms with Crippen molar-refractivity contribution in [3.63, 3.8) is 0 Å². The quantitative estimate of drug-likeness (QED) is 0.664. The molecule has 0 fully saturated rings. The van der Waals surface area contributed by atoms with Gasteiger partial charge in [-0.3, -0.25) is 30.6 Å². The van der Waals surface area contributed by atoms with Gasteiger partial charge in [0.1, 0.15) is 4.92 Å². The first-order valence-electron chi connectivity index (χ1n) is 5.58. The highest BCUT2D eigenvalue weighted by Gasteiger charge is 2.18. The maximum absolute atomic E-state index is 11.8. The molecule has 0 unspecified atom stereocenters. The Balaban J connectivity index is 1.99. The van der Waals surface area contributed by atoms with E-state index in [0.717, 1.165) is 12.1 Å². The van der Waals surface area contributed by atoms with E-state index in [2.05, 4.69) is 15.3 Å². The number of halogens is 1. The van der Waals surface area contributed by atoms with E-state index in [9.17, 15) is 19.7 Å². The molecule has 0 aliphatic carbocycles. The van der Waals surface area contributed by atoms with Gasteiger partial charge in [0.05, 0.1) is 16.7 Å². The third-order valence-electron chi connectivity index (χ3n) is 2.40. The van der Waals surface area contributed by atoms with E-state index >= 15 is 0 Å². The van der Waals surface area contributed by atoms with Crippen molar-refractivity contribution in [2.24, 2.45) is 0 Å². The molecule has 1 heterocycles. The molecule has 1 aromatic heterocycles. The van der Waals surface area contributed by atoms with Gasteiger partial charge in [-0.2, -0.15) is 0 Å². The Labute approximate surface area is 122 Å². The zero-order valence-electron chi connectivity index (χ0n) is 10.3. The summed E-state index contributed by atoms with van der Waals surface area (Å²) in [6, 6.07) is 8.41. The standard InChI is InChI=1S/C12H8ClN3O5/c13-8-4-2-1-3-7(8)11(17)14-15-12(18)9-5-6-10(21-9)16(19)20/h1-6H,(H,14,17)(H,15,18). The van der Waals surface area contributed by atoms with Crippen LogP contribution in [0.3, 0.4) is 0 Å². The van der Waals surface area contributed by atoms with E-state index in [4.69, 9.17) is 11.6 Å². The number of nitro groups is 1. The lowest BCUT2D eigenvalue weighted by atomic mass is 10.2. The number of furan rings is 1. The summed E-state index contributed by atoms with van der Waals surface area (Å²) in [4.78, 5) is 33.0. The van der Waals surface area contributed by atoms with Crippen molar-refractivity contribution >= 4 is 29.3 Å². The summed E-state index contributed by atoms with van der Waals surface area (Å²) in [6.45, 7) is 0. The largest absolute Gasteiger partial charge is 0.433 e. The topological polar surface area (TPSA) is 114 Å². The number of carbonyl (C=O) groups excluding carboxylic acids is 2. The molecule has 2 aromatic rings. The number of hydrogen-bond donors (Lipinski definition) is 2. The molecule has 0 atom stereocenters. The molecule has 0 radical (unpaired) electrons. The lowest BCUT2D eigenvalue weighted by Gasteiger charge is -2.06. The Morgan fingerprint density at radius 2 is 1.76 bits per heavy atom. The van der Waals surface area contributed by atoms with Gasteiger partial charge in [-0.1, -0.05) is 23.7 Å².